The fourth-order valence-corrected chi connectivity index (χ4v) is 7.62. The molecule has 10 heteroatoms. The van der Waals surface area contributed by atoms with E-state index < -0.39 is 40.0 Å². The van der Waals surface area contributed by atoms with Crippen molar-refractivity contribution in [3.63, 3.8) is 0 Å². The Balaban J connectivity index is 1.48. The second-order valence-corrected chi connectivity index (χ2v) is 10.6. The number of hydrogen-bond donors (Lipinski definition) is 1. The second-order valence-electron chi connectivity index (χ2n) is 10.2. The number of benzene rings is 1. The summed E-state index contributed by atoms with van der Waals surface area (Å²) in [6.07, 6.45) is 1.44. The first-order valence-corrected chi connectivity index (χ1v) is 12.1. The number of rotatable bonds is 3. The van der Waals surface area contributed by atoms with Gasteiger partial charge in [0.05, 0.1) is 11.6 Å². The van der Waals surface area contributed by atoms with Crippen LogP contribution in [0.1, 0.15) is 51.7 Å². The zero-order valence-corrected chi connectivity index (χ0v) is 20.1. The third-order valence-corrected chi connectivity index (χ3v) is 9.43. The van der Waals surface area contributed by atoms with Crippen molar-refractivity contribution in [1.29, 1.82) is 0 Å². The monoisotopic (exact) mass is 500 g/mol. The molecule has 2 aliphatic heterocycles. The first kappa shape index (κ1) is 22.5. The molecule has 1 aromatic carbocycles. The van der Waals surface area contributed by atoms with Crippen molar-refractivity contribution >= 4 is 23.4 Å². The first-order chi connectivity index (χ1) is 16.6. The van der Waals surface area contributed by atoms with E-state index in [0.717, 1.165) is 6.42 Å². The predicted octanol–water partition coefficient (Wildman–Crippen LogP) is 1.69. The lowest BCUT2D eigenvalue weighted by Crippen LogP contribution is -2.55. The van der Waals surface area contributed by atoms with Gasteiger partial charge in [-0.25, -0.2) is 4.39 Å². The molecule has 2 fully saturated rings. The van der Waals surface area contributed by atoms with Crippen LogP contribution in [0.25, 0.3) is 0 Å². The highest BCUT2D eigenvalue weighted by Gasteiger charge is 2.80. The van der Waals surface area contributed by atoms with Crippen molar-refractivity contribution in [1.82, 2.24) is 14.4 Å². The summed E-state index contributed by atoms with van der Waals surface area (Å²) in [6.45, 7) is 2.11. The van der Waals surface area contributed by atoms with Gasteiger partial charge in [-0.15, -0.1) is 0 Å². The number of carbonyl (C=O) groups is 2. The van der Waals surface area contributed by atoms with Crippen molar-refractivity contribution in [2.75, 3.05) is 20.2 Å². The number of nitrogens with zero attached hydrogens (tertiary/aromatic N) is 3. The predicted molar refractivity (Wildman–Crippen MR) is 121 cm³/mol. The van der Waals surface area contributed by atoms with Gasteiger partial charge in [0.2, 0.25) is 5.56 Å². The van der Waals surface area contributed by atoms with E-state index in [2.05, 4.69) is 0 Å². The maximum atomic E-state index is 13.6. The van der Waals surface area contributed by atoms with Crippen LogP contribution >= 0.6 is 11.6 Å². The van der Waals surface area contributed by atoms with Gasteiger partial charge < -0.3 is 20.0 Å². The minimum Gasteiger partial charge on any atom is -0.868 e. The molecule has 35 heavy (non-hydrogen) atoms. The minimum absolute atomic E-state index is 0.0751. The third-order valence-electron chi connectivity index (χ3n) is 9.14. The molecule has 2 aromatic rings. The molecule has 2 saturated carbocycles. The van der Waals surface area contributed by atoms with Gasteiger partial charge in [-0.1, -0.05) is 24.6 Å². The molecule has 4 unspecified atom stereocenters. The molecule has 1 aromatic heterocycles. The van der Waals surface area contributed by atoms with E-state index in [1.807, 2.05) is 6.92 Å². The Labute approximate surface area is 205 Å². The van der Waals surface area contributed by atoms with E-state index in [-0.39, 0.29) is 54.2 Å². The molecule has 0 saturated heterocycles. The molecular formula is C25H24ClFN3O5-. The van der Waals surface area contributed by atoms with Crippen molar-refractivity contribution in [2.45, 2.75) is 38.4 Å². The fraction of sp³-hybridized carbons (Fsp3) is 0.480. The molecule has 6 rings (SSSR count). The highest BCUT2D eigenvalue weighted by Crippen LogP contribution is 2.76. The summed E-state index contributed by atoms with van der Waals surface area (Å²) in [4.78, 5) is 43.5. The number of halogens is 2. The zero-order valence-electron chi connectivity index (χ0n) is 19.3. The second kappa shape index (κ2) is 7.07. The molecule has 1 spiro atoms. The summed E-state index contributed by atoms with van der Waals surface area (Å²) < 4.78 is 14.9. The van der Waals surface area contributed by atoms with E-state index in [0.29, 0.717) is 17.5 Å². The summed E-state index contributed by atoms with van der Waals surface area (Å²) in [5.74, 6) is -2.28. The molecule has 0 bridgehead atoms. The molecule has 4 aliphatic rings. The van der Waals surface area contributed by atoms with Crippen LogP contribution in [0.5, 0.6) is 5.75 Å². The molecular weight excluding hydrogens is 477 g/mol. The third kappa shape index (κ3) is 2.48. The zero-order chi connectivity index (χ0) is 25.0. The Morgan fingerprint density at radius 2 is 2.00 bits per heavy atom. The number of fused-ring (bicyclic) bond motifs is 6. The summed E-state index contributed by atoms with van der Waals surface area (Å²) in [6, 6.07) is 4.12. The van der Waals surface area contributed by atoms with Gasteiger partial charge >= 0.3 is 0 Å². The Hall–Kier alpha value is -2.91. The lowest BCUT2D eigenvalue weighted by Gasteiger charge is -2.43. The Bertz CT molecular complexity index is 1390. The molecule has 0 radical (unpaired) electrons. The topological polar surface area (TPSA) is 106 Å². The van der Waals surface area contributed by atoms with Gasteiger partial charge in [0.1, 0.15) is 17.2 Å². The van der Waals surface area contributed by atoms with E-state index in [4.69, 9.17) is 11.6 Å². The standard InChI is InChI=1S/C25H25ClFN3O5/c1-12-15-5-7-25(24(12,15)11-31)28(2)22(34)19-14-6-8-29(10-13-3-4-17(27)16(26)9-13)21(33)18(14)20(32)23(35)30(19)25/h3-4,9,12,15,31-32H,5-8,10-11H2,1-2H3/p-1. The van der Waals surface area contributed by atoms with E-state index in [1.165, 1.54) is 32.6 Å². The van der Waals surface area contributed by atoms with Gasteiger partial charge in [-0.3, -0.25) is 19.0 Å². The summed E-state index contributed by atoms with van der Waals surface area (Å²) >= 11 is 5.86. The van der Waals surface area contributed by atoms with E-state index >= 15 is 0 Å². The van der Waals surface area contributed by atoms with Crippen LogP contribution in [-0.4, -0.2) is 51.5 Å². The molecule has 8 nitrogen and oxygen atoms in total. The van der Waals surface area contributed by atoms with Crippen LogP contribution < -0.4 is 10.7 Å². The fourth-order valence-electron chi connectivity index (χ4n) is 7.41. The van der Waals surface area contributed by atoms with Crippen molar-refractivity contribution < 1.29 is 24.2 Å². The summed E-state index contributed by atoms with van der Waals surface area (Å²) in [5.41, 5.74) is -1.98. The molecule has 3 heterocycles. The molecule has 184 valence electrons. The summed E-state index contributed by atoms with van der Waals surface area (Å²) in [5, 5.41) is 23.7. The van der Waals surface area contributed by atoms with Crippen LogP contribution in [0.15, 0.2) is 23.0 Å². The molecule has 2 amide bonds. The molecule has 1 N–H and O–H groups in total. The Morgan fingerprint density at radius 1 is 1.26 bits per heavy atom. The number of aromatic nitrogens is 1. The average Bonchev–Trinajstić information content (AvgIpc) is 3.15. The largest absolute Gasteiger partial charge is 0.868 e. The van der Waals surface area contributed by atoms with Crippen molar-refractivity contribution in [3.8, 4) is 5.75 Å². The van der Waals surface area contributed by atoms with Gasteiger partial charge in [0, 0.05) is 31.1 Å². The van der Waals surface area contributed by atoms with Crippen LogP contribution in [0, 0.1) is 23.1 Å². The SMILES string of the molecule is CC1C2CCC3(N(C)C(=O)c4c5c(c([O-])c(=O)n43)C(=O)N(Cc3ccc(F)c(Cl)c3)CC5)C12CO. The Kier molecular flexibility index (Phi) is 4.56. The number of pyridine rings is 1. The normalized spacial score (nSPS) is 30.7. The highest BCUT2D eigenvalue weighted by atomic mass is 35.5. The number of aliphatic hydroxyl groups is 1. The summed E-state index contributed by atoms with van der Waals surface area (Å²) in [7, 11) is 1.62. The van der Waals surface area contributed by atoms with Gasteiger partial charge in [0.25, 0.3) is 11.8 Å². The lowest BCUT2D eigenvalue weighted by atomic mass is 9.86. The van der Waals surface area contributed by atoms with Gasteiger partial charge in [-0.2, -0.15) is 0 Å². The molecule has 2 aliphatic carbocycles. The average molecular weight is 501 g/mol. The van der Waals surface area contributed by atoms with E-state index in [1.54, 1.807) is 7.05 Å². The van der Waals surface area contributed by atoms with Crippen LogP contribution in [0.2, 0.25) is 5.02 Å². The van der Waals surface area contributed by atoms with Gasteiger partial charge in [0.15, 0.2) is 0 Å². The Morgan fingerprint density at radius 3 is 2.66 bits per heavy atom. The van der Waals surface area contributed by atoms with Crippen LogP contribution in [0.3, 0.4) is 0 Å². The highest BCUT2D eigenvalue weighted by molar-refractivity contribution is 6.30. The number of aliphatic hydroxyl groups excluding tert-OH is 1. The maximum absolute atomic E-state index is 13.6. The van der Waals surface area contributed by atoms with Crippen molar-refractivity contribution in [2.24, 2.45) is 17.3 Å². The first-order valence-electron chi connectivity index (χ1n) is 11.7. The maximum Gasteiger partial charge on any atom is 0.272 e. The van der Waals surface area contributed by atoms with Crippen LogP contribution in [-0.2, 0) is 18.6 Å². The van der Waals surface area contributed by atoms with E-state index in [9.17, 15) is 29.0 Å². The van der Waals surface area contributed by atoms with Crippen molar-refractivity contribution in [3.05, 3.63) is 61.8 Å². The van der Waals surface area contributed by atoms with Crippen LogP contribution in [0.4, 0.5) is 4.39 Å². The minimum atomic E-state index is -1.10. The molecule has 4 atom stereocenters. The number of carbonyl (C=O) groups excluding carboxylic acids is 2. The number of hydrogen-bond acceptors (Lipinski definition) is 5. The lowest BCUT2D eigenvalue weighted by molar-refractivity contribution is -0.271. The smallest absolute Gasteiger partial charge is 0.272 e. The quantitative estimate of drug-likeness (QED) is 0.690. The number of amides is 2. The van der Waals surface area contributed by atoms with Gasteiger partial charge in [-0.05, 0) is 60.1 Å².